The highest BCUT2D eigenvalue weighted by Crippen LogP contribution is 2.25. The standard InChI is InChI=1S/C21H20ClFN4O/c22-16-6-4-14(5-7-16)19-13-20(26-25-19)27-10-8-18(9-11-27)24-21(28)15-2-1-3-17(23)12-15/h1-7,12-13,18H,8-11H2,(H,24,28)(H,25,26). The molecule has 28 heavy (non-hydrogen) atoms. The van der Waals surface area contributed by atoms with Gasteiger partial charge in [-0.05, 0) is 48.7 Å². The Hall–Kier alpha value is -2.86. The molecular formula is C21H20ClFN4O. The number of nitrogens with one attached hydrogen (secondary N) is 2. The van der Waals surface area contributed by atoms with Gasteiger partial charge in [0.2, 0.25) is 0 Å². The van der Waals surface area contributed by atoms with Crippen LogP contribution in [0.5, 0.6) is 0 Å². The first kappa shape index (κ1) is 18.5. The van der Waals surface area contributed by atoms with Gasteiger partial charge in [0.15, 0.2) is 5.82 Å². The fourth-order valence-corrected chi connectivity index (χ4v) is 3.53. The van der Waals surface area contributed by atoms with Crippen LogP contribution in [0.15, 0.2) is 54.6 Å². The molecule has 2 heterocycles. The number of rotatable bonds is 4. The summed E-state index contributed by atoms with van der Waals surface area (Å²) >= 11 is 5.94. The van der Waals surface area contributed by atoms with E-state index in [9.17, 15) is 9.18 Å². The summed E-state index contributed by atoms with van der Waals surface area (Å²) in [5.41, 5.74) is 2.32. The van der Waals surface area contributed by atoms with Crippen LogP contribution in [0.1, 0.15) is 23.2 Å². The largest absolute Gasteiger partial charge is 0.355 e. The van der Waals surface area contributed by atoms with Crippen LogP contribution >= 0.6 is 11.6 Å². The third-order valence-electron chi connectivity index (χ3n) is 4.96. The predicted molar refractivity (Wildman–Crippen MR) is 108 cm³/mol. The van der Waals surface area contributed by atoms with E-state index in [1.807, 2.05) is 30.3 Å². The molecule has 1 amide bonds. The number of anilines is 1. The second-order valence-electron chi connectivity index (χ2n) is 6.89. The summed E-state index contributed by atoms with van der Waals surface area (Å²) in [7, 11) is 0. The quantitative estimate of drug-likeness (QED) is 0.690. The minimum atomic E-state index is -0.405. The Morgan fingerprint density at radius 2 is 1.89 bits per heavy atom. The Kier molecular flexibility index (Phi) is 5.30. The molecule has 0 unspecified atom stereocenters. The van der Waals surface area contributed by atoms with Crippen LogP contribution in [-0.2, 0) is 0 Å². The minimum Gasteiger partial charge on any atom is -0.355 e. The lowest BCUT2D eigenvalue weighted by Gasteiger charge is -2.32. The first-order valence-corrected chi connectivity index (χ1v) is 9.59. The highest BCUT2D eigenvalue weighted by molar-refractivity contribution is 6.30. The molecule has 0 bridgehead atoms. The van der Waals surface area contributed by atoms with Crippen LogP contribution in [0.2, 0.25) is 5.02 Å². The molecular weight excluding hydrogens is 379 g/mol. The highest BCUT2D eigenvalue weighted by Gasteiger charge is 2.23. The van der Waals surface area contributed by atoms with E-state index < -0.39 is 5.82 Å². The molecule has 1 aliphatic rings. The number of benzene rings is 2. The van der Waals surface area contributed by atoms with Crippen LogP contribution in [-0.4, -0.2) is 35.2 Å². The molecule has 0 radical (unpaired) electrons. The third-order valence-corrected chi connectivity index (χ3v) is 5.21. The molecule has 3 aromatic rings. The number of halogens is 2. The molecule has 0 aliphatic carbocycles. The molecule has 1 fully saturated rings. The van der Waals surface area contributed by atoms with Crippen molar-refractivity contribution in [3.8, 4) is 11.3 Å². The number of carbonyl (C=O) groups is 1. The van der Waals surface area contributed by atoms with E-state index >= 15 is 0 Å². The predicted octanol–water partition coefficient (Wildman–Crippen LogP) is 4.27. The molecule has 2 aromatic carbocycles. The van der Waals surface area contributed by atoms with E-state index in [1.165, 1.54) is 12.1 Å². The molecule has 0 atom stereocenters. The second kappa shape index (κ2) is 8.02. The van der Waals surface area contributed by atoms with Crippen molar-refractivity contribution in [3.63, 3.8) is 0 Å². The van der Waals surface area contributed by atoms with E-state index in [4.69, 9.17) is 11.6 Å². The van der Waals surface area contributed by atoms with Gasteiger partial charge in [-0.25, -0.2) is 4.39 Å². The number of H-pyrrole nitrogens is 1. The Labute approximate surface area is 167 Å². The van der Waals surface area contributed by atoms with Crippen molar-refractivity contribution in [1.82, 2.24) is 15.5 Å². The maximum atomic E-state index is 13.3. The molecule has 1 saturated heterocycles. The van der Waals surface area contributed by atoms with Crippen molar-refractivity contribution in [2.24, 2.45) is 0 Å². The molecule has 0 spiro atoms. The van der Waals surface area contributed by atoms with Gasteiger partial charge in [0.1, 0.15) is 5.82 Å². The fourth-order valence-electron chi connectivity index (χ4n) is 3.40. The smallest absolute Gasteiger partial charge is 0.251 e. The molecule has 0 saturated carbocycles. The molecule has 2 N–H and O–H groups in total. The highest BCUT2D eigenvalue weighted by atomic mass is 35.5. The lowest BCUT2D eigenvalue weighted by molar-refractivity contribution is 0.0930. The number of aromatic nitrogens is 2. The number of piperidine rings is 1. The summed E-state index contributed by atoms with van der Waals surface area (Å²) in [6, 6.07) is 15.5. The van der Waals surface area contributed by atoms with Crippen molar-refractivity contribution in [1.29, 1.82) is 0 Å². The van der Waals surface area contributed by atoms with Crippen LogP contribution in [0.4, 0.5) is 10.2 Å². The van der Waals surface area contributed by atoms with E-state index in [-0.39, 0.29) is 11.9 Å². The molecule has 144 valence electrons. The van der Waals surface area contributed by atoms with E-state index in [1.54, 1.807) is 12.1 Å². The number of hydrogen-bond donors (Lipinski definition) is 2. The summed E-state index contributed by atoms with van der Waals surface area (Å²) in [6.45, 7) is 1.58. The Bertz CT molecular complexity index is 965. The summed E-state index contributed by atoms with van der Waals surface area (Å²) in [6.07, 6.45) is 1.62. The summed E-state index contributed by atoms with van der Waals surface area (Å²) in [4.78, 5) is 14.5. The van der Waals surface area contributed by atoms with Crippen molar-refractivity contribution in [2.45, 2.75) is 18.9 Å². The lowest BCUT2D eigenvalue weighted by Crippen LogP contribution is -2.44. The first-order valence-electron chi connectivity index (χ1n) is 9.21. The van der Waals surface area contributed by atoms with Crippen molar-refractivity contribution in [2.75, 3.05) is 18.0 Å². The van der Waals surface area contributed by atoms with Gasteiger partial charge in [-0.2, -0.15) is 5.10 Å². The van der Waals surface area contributed by atoms with Crippen molar-refractivity contribution >= 4 is 23.3 Å². The molecule has 5 nitrogen and oxygen atoms in total. The normalized spacial score (nSPS) is 14.9. The van der Waals surface area contributed by atoms with Gasteiger partial charge >= 0.3 is 0 Å². The Morgan fingerprint density at radius 3 is 2.61 bits per heavy atom. The van der Waals surface area contributed by atoms with Crippen LogP contribution < -0.4 is 10.2 Å². The van der Waals surface area contributed by atoms with E-state index in [0.717, 1.165) is 43.0 Å². The number of aromatic amines is 1. The average molecular weight is 399 g/mol. The zero-order valence-electron chi connectivity index (χ0n) is 15.2. The SMILES string of the molecule is O=C(NC1CCN(c2cc(-c3ccc(Cl)cc3)[nH]n2)CC1)c1cccc(F)c1. The number of carbonyl (C=O) groups excluding carboxylic acids is 1. The van der Waals surface area contributed by atoms with Crippen molar-refractivity contribution < 1.29 is 9.18 Å². The molecule has 4 rings (SSSR count). The van der Waals surface area contributed by atoms with E-state index in [0.29, 0.717) is 10.6 Å². The first-order chi connectivity index (χ1) is 13.6. The van der Waals surface area contributed by atoms with Gasteiger partial charge in [0, 0.05) is 35.8 Å². The van der Waals surface area contributed by atoms with Crippen molar-refractivity contribution in [3.05, 3.63) is 71.0 Å². The number of amides is 1. The Morgan fingerprint density at radius 1 is 1.14 bits per heavy atom. The summed E-state index contributed by atoms with van der Waals surface area (Å²) in [5, 5.41) is 11.2. The summed E-state index contributed by atoms with van der Waals surface area (Å²) in [5.74, 6) is 0.250. The van der Waals surface area contributed by atoms with Gasteiger partial charge in [-0.15, -0.1) is 0 Å². The van der Waals surface area contributed by atoms with Crippen LogP contribution in [0, 0.1) is 5.82 Å². The van der Waals surface area contributed by atoms with Crippen LogP contribution in [0.3, 0.4) is 0 Å². The maximum Gasteiger partial charge on any atom is 0.251 e. The minimum absolute atomic E-state index is 0.0710. The maximum absolute atomic E-state index is 13.3. The van der Waals surface area contributed by atoms with Gasteiger partial charge < -0.3 is 10.2 Å². The number of nitrogens with zero attached hydrogens (tertiary/aromatic N) is 2. The van der Waals surface area contributed by atoms with Gasteiger partial charge in [-0.3, -0.25) is 9.89 Å². The molecule has 1 aromatic heterocycles. The van der Waals surface area contributed by atoms with Gasteiger partial charge in [0.25, 0.3) is 5.91 Å². The van der Waals surface area contributed by atoms with E-state index in [2.05, 4.69) is 20.4 Å². The third kappa shape index (κ3) is 4.17. The molecule has 1 aliphatic heterocycles. The fraction of sp³-hybridized carbons (Fsp3) is 0.238. The van der Waals surface area contributed by atoms with Gasteiger partial charge in [0.05, 0.1) is 5.69 Å². The molecule has 7 heteroatoms. The number of hydrogen-bond acceptors (Lipinski definition) is 3. The van der Waals surface area contributed by atoms with Gasteiger partial charge in [-0.1, -0.05) is 29.8 Å². The topological polar surface area (TPSA) is 61.0 Å². The Balaban J connectivity index is 1.34. The average Bonchev–Trinajstić information content (AvgIpc) is 3.19. The second-order valence-corrected chi connectivity index (χ2v) is 7.33. The zero-order chi connectivity index (χ0) is 19.5. The monoisotopic (exact) mass is 398 g/mol. The zero-order valence-corrected chi connectivity index (χ0v) is 15.9. The van der Waals surface area contributed by atoms with Crippen LogP contribution in [0.25, 0.3) is 11.3 Å². The summed E-state index contributed by atoms with van der Waals surface area (Å²) < 4.78 is 13.3. The lowest BCUT2D eigenvalue weighted by atomic mass is 10.0.